The molecule has 0 N–H and O–H groups in total. The minimum absolute atomic E-state index is 1.21. The van der Waals surface area contributed by atoms with E-state index in [-0.39, 0.29) is 0 Å². The summed E-state index contributed by atoms with van der Waals surface area (Å²) in [6, 6.07) is 76.2. The van der Waals surface area contributed by atoms with Crippen molar-refractivity contribution in [2.24, 2.45) is 0 Å². The third-order valence-corrected chi connectivity index (χ3v) is 11.4. The maximum absolute atomic E-state index is 2.52. The van der Waals surface area contributed by atoms with E-state index in [1.165, 1.54) is 109 Å². The van der Waals surface area contributed by atoms with Crippen LogP contribution in [0.25, 0.3) is 109 Å². The highest BCUT2D eigenvalue weighted by Gasteiger charge is 2.24. The van der Waals surface area contributed by atoms with Crippen LogP contribution in [0, 0.1) is 0 Å². The number of rotatable bonds is 4. The lowest BCUT2D eigenvalue weighted by Crippen LogP contribution is -1.96. The number of hydrogen-bond acceptors (Lipinski definition) is 0. The van der Waals surface area contributed by atoms with Gasteiger partial charge in [-0.15, -0.1) is 0 Å². The van der Waals surface area contributed by atoms with Crippen molar-refractivity contribution in [1.82, 2.24) is 0 Å². The van der Waals surface area contributed by atoms with Crippen LogP contribution in [0.1, 0.15) is 0 Å². The number of benzene rings is 11. The molecule has 0 nitrogen and oxygen atoms in total. The van der Waals surface area contributed by atoms with Crippen molar-refractivity contribution >= 4 is 64.6 Å². The molecule has 54 heavy (non-hydrogen) atoms. The molecule has 0 spiro atoms. The van der Waals surface area contributed by atoms with E-state index >= 15 is 0 Å². The highest BCUT2D eigenvalue weighted by molar-refractivity contribution is 6.34. The van der Waals surface area contributed by atoms with Crippen molar-refractivity contribution in [3.63, 3.8) is 0 Å². The summed E-state index contributed by atoms with van der Waals surface area (Å²) in [5.74, 6) is 0. The molecule has 0 saturated heterocycles. The highest BCUT2D eigenvalue weighted by atomic mass is 14.3. The molecule has 0 saturated carbocycles. The monoisotopic (exact) mass is 682 g/mol. The van der Waals surface area contributed by atoms with Crippen LogP contribution in [-0.4, -0.2) is 0 Å². The molecule has 250 valence electrons. The van der Waals surface area contributed by atoms with E-state index in [0.717, 1.165) is 0 Å². The molecule has 11 rings (SSSR count). The van der Waals surface area contributed by atoms with Crippen LogP contribution in [-0.2, 0) is 0 Å². The Kier molecular flexibility index (Phi) is 6.97. The molecule has 0 unspecified atom stereocenters. The van der Waals surface area contributed by atoms with Gasteiger partial charge in [-0.25, -0.2) is 0 Å². The van der Waals surface area contributed by atoms with E-state index in [2.05, 4.69) is 206 Å². The summed E-state index contributed by atoms with van der Waals surface area (Å²) in [5, 5.41) is 15.3. The van der Waals surface area contributed by atoms with Crippen LogP contribution < -0.4 is 0 Å². The van der Waals surface area contributed by atoms with Crippen molar-refractivity contribution in [2.75, 3.05) is 0 Å². The van der Waals surface area contributed by atoms with Crippen molar-refractivity contribution < 1.29 is 0 Å². The summed E-state index contributed by atoms with van der Waals surface area (Å²) in [7, 11) is 0. The second-order valence-electron chi connectivity index (χ2n) is 14.4. The molecule has 11 aromatic carbocycles. The third kappa shape index (κ3) is 4.71. The molecule has 0 amide bonds. The van der Waals surface area contributed by atoms with Gasteiger partial charge in [0.15, 0.2) is 0 Å². The molecule has 0 heteroatoms. The number of hydrogen-bond donors (Lipinski definition) is 0. The van der Waals surface area contributed by atoms with Crippen molar-refractivity contribution in [1.29, 1.82) is 0 Å². The van der Waals surface area contributed by atoms with Gasteiger partial charge in [-0.2, -0.15) is 0 Å². The van der Waals surface area contributed by atoms with Crippen LogP contribution in [0.5, 0.6) is 0 Å². The molecular weight excluding hydrogens is 649 g/mol. The predicted molar refractivity (Wildman–Crippen MR) is 233 cm³/mol. The second-order valence-corrected chi connectivity index (χ2v) is 14.4. The van der Waals surface area contributed by atoms with E-state index in [9.17, 15) is 0 Å². The zero-order chi connectivity index (χ0) is 35.6. The summed E-state index contributed by atoms with van der Waals surface area (Å²) >= 11 is 0. The fourth-order valence-corrected chi connectivity index (χ4v) is 9.02. The van der Waals surface area contributed by atoms with Crippen LogP contribution in [0.15, 0.2) is 206 Å². The molecular formula is C54H34. The average Bonchev–Trinajstić information content (AvgIpc) is 3.25. The Balaban J connectivity index is 1.46. The second kappa shape index (κ2) is 12.3. The molecule has 0 fully saturated rings. The average molecular weight is 683 g/mol. The summed E-state index contributed by atoms with van der Waals surface area (Å²) in [4.78, 5) is 0. The van der Waals surface area contributed by atoms with Gasteiger partial charge in [0.05, 0.1) is 0 Å². The first-order valence-corrected chi connectivity index (χ1v) is 18.8. The van der Waals surface area contributed by atoms with Gasteiger partial charge in [0.25, 0.3) is 0 Å². The van der Waals surface area contributed by atoms with Crippen LogP contribution >= 0.6 is 0 Å². The fraction of sp³-hybridized carbons (Fsp3) is 0. The smallest absolute Gasteiger partial charge is 0.000786 e. The van der Waals surface area contributed by atoms with Crippen LogP contribution in [0.3, 0.4) is 0 Å². The normalized spacial score (nSPS) is 11.7. The van der Waals surface area contributed by atoms with Gasteiger partial charge >= 0.3 is 0 Å². The van der Waals surface area contributed by atoms with E-state index in [1.54, 1.807) is 0 Å². The van der Waals surface area contributed by atoms with Gasteiger partial charge < -0.3 is 0 Å². The number of fused-ring (bicyclic) bond motifs is 9. The van der Waals surface area contributed by atoms with Crippen molar-refractivity contribution in [3.8, 4) is 44.5 Å². The van der Waals surface area contributed by atoms with Gasteiger partial charge in [0, 0.05) is 0 Å². The fourth-order valence-electron chi connectivity index (χ4n) is 9.02. The first-order chi connectivity index (χ1) is 26.8. The van der Waals surface area contributed by atoms with E-state index in [0.29, 0.717) is 0 Å². The first-order valence-electron chi connectivity index (χ1n) is 18.8. The maximum Gasteiger partial charge on any atom is -0.000786 e. The highest BCUT2D eigenvalue weighted by Crippen LogP contribution is 2.52. The van der Waals surface area contributed by atoms with Gasteiger partial charge in [0.2, 0.25) is 0 Å². The Hall–Kier alpha value is -7.02. The molecule has 11 aromatic rings. The minimum Gasteiger partial charge on any atom is -0.0622 e. The summed E-state index contributed by atoms with van der Waals surface area (Å²) < 4.78 is 0. The Labute approximate surface area is 314 Å². The van der Waals surface area contributed by atoms with E-state index < -0.39 is 0 Å². The van der Waals surface area contributed by atoms with Crippen molar-refractivity contribution in [2.45, 2.75) is 0 Å². The Morgan fingerprint density at radius 1 is 0.204 bits per heavy atom. The van der Waals surface area contributed by atoms with Gasteiger partial charge in [0.1, 0.15) is 0 Å². The van der Waals surface area contributed by atoms with Crippen LogP contribution in [0.2, 0.25) is 0 Å². The zero-order valence-corrected chi connectivity index (χ0v) is 29.6. The lowest BCUT2D eigenvalue weighted by atomic mass is 9.79. The van der Waals surface area contributed by atoms with E-state index in [4.69, 9.17) is 0 Å². The Morgan fingerprint density at radius 2 is 0.519 bits per heavy atom. The quantitative estimate of drug-likeness (QED) is 0.128. The molecule has 0 aliphatic carbocycles. The van der Waals surface area contributed by atoms with E-state index in [1.807, 2.05) is 0 Å². The van der Waals surface area contributed by atoms with Gasteiger partial charge in [-0.3, -0.25) is 0 Å². The predicted octanol–water partition coefficient (Wildman–Crippen LogP) is 15.3. The molecule has 0 aromatic heterocycles. The van der Waals surface area contributed by atoms with Crippen molar-refractivity contribution in [3.05, 3.63) is 206 Å². The molecule has 0 bridgehead atoms. The standard InChI is InChI=1S/C54H34/c1-5-17-35(18-6-1)41-29-30-42(36-19-7-2-8-20-36)54-52(38-23-11-4-12-24-38)50-34-48-46-32-40-26-14-13-25-39(40)31-45(46)43-27-15-16-28-44(43)47(48)33-49(50)51(53(41)54)37-21-9-3-10-22-37/h1-34H. The summed E-state index contributed by atoms with van der Waals surface area (Å²) in [6.07, 6.45) is 0. The lowest BCUT2D eigenvalue weighted by Gasteiger charge is -2.24. The summed E-state index contributed by atoms with van der Waals surface area (Å²) in [5.41, 5.74) is 9.84. The largest absolute Gasteiger partial charge is 0.0622 e. The lowest BCUT2D eigenvalue weighted by molar-refractivity contribution is 1.61. The third-order valence-electron chi connectivity index (χ3n) is 11.4. The Morgan fingerprint density at radius 3 is 0.944 bits per heavy atom. The molecule has 0 aliphatic heterocycles. The molecule has 0 aliphatic rings. The topological polar surface area (TPSA) is 0 Å². The zero-order valence-electron chi connectivity index (χ0n) is 29.6. The molecule has 0 heterocycles. The Bertz CT molecular complexity index is 3220. The summed E-state index contributed by atoms with van der Waals surface area (Å²) in [6.45, 7) is 0. The SMILES string of the molecule is c1ccc(-c2ccc(-c3ccccc3)c3c(-c4ccccc4)c4cc5c6cc7ccccc7cc6c6ccccc6c5cc4c(-c4ccccc4)c23)cc1. The van der Waals surface area contributed by atoms with Gasteiger partial charge in [-0.05, 0) is 133 Å². The van der Waals surface area contributed by atoms with Crippen LogP contribution in [0.4, 0.5) is 0 Å². The maximum atomic E-state index is 2.52. The molecule has 0 radical (unpaired) electrons. The molecule has 0 atom stereocenters. The van der Waals surface area contributed by atoms with Gasteiger partial charge in [-0.1, -0.05) is 182 Å². The minimum atomic E-state index is 1.21. The first kappa shape index (κ1) is 30.6.